The van der Waals surface area contributed by atoms with Crippen LogP contribution in [0.25, 0.3) is 11.1 Å². The Kier molecular flexibility index (Phi) is 3.23. The van der Waals surface area contributed by atoms with E-state index in [1.807, 2.05) is 18.2 Å². The molecule has 1 atom stereocenters. The predicted octanol–water partition coefficient (Wildman–Crippen LogP) is 3.58. The van der Waals surface area contributed by atoms with E-state index < -0.39 is 11.9 Å². The Hall–Kier alpha value is -1.84. The SMILES string of the molecule is O=C(O)C(c1ccc2ncoc2c1)C1CCCCC1. The normalized spacial score (nSPS) is 18.5. The van der Waals surface area contributed by atoms with Crippen LogP contribution < -0.4 is 0 Å². The van der Waals surface area contributed by atoms with Crippen LogP contribution >= 0.6 is 0 Å². The number of fused-ring (bicyclic) bond motifs is 1. The molecule has 0 bridgehead atoms. The highest BCUT2D eigenvalue weighted by molar-refractivity contribution is 5.80. The van der Waals surface area contributed by atoms with Crippen LogP contribution in [0.2, 0.25) is 0 Å². The molecule has 1 aromatic carbocycles. The van der Waals surface area contributed by atoms with E-state index in [1.54, 1.807) is 0 Å². The first-order chi connectivity index (χ1) is 9.25. The van der Waals surface area contributed by atoms with Crippen LogP contribution in [-0.2, 0) is 4.79 Å². The molecule has 4 heteroatoms. The zero-order chi connectivity index (χ0) is 13.2. The van der Waals surface area contributed by atoms with Gasteiger partial charge in [0.2, 0.25) is 0 Å². The summed E-state index contributed by atoms with van der Waals surface area (Å²) in [6.07, 6.45) is 6.91. The van der Waals surface area contributed by atoms with Gasteiger partial charge in [0.05, 0.1) is 5.92 Å². The summed E-state index contributed by atoms with van der Waals surface area (Å²) >= 11 is 0. The minimum absolute atomic E-state index is 0.242. The monoisotopic (exact) mass is 259 g/mol. The van der Waals surface area contributed by atoms with Gasteiger partial charge < -0.3 is 9.52 Å². The van der Waals surface area contributed by atoms with Gasteiger partial charge in [-0.15, -0.1) is 0 Å². The molecule has 2 aromatic rings. The topological polar surface area (TPSA) is 63.3 Å². The number of hydrogen-bond donors (Lipinski definition) is 1. The Bertz CT molecular complexity index is 584. The zero-order valence-corrected chi connectivity index (χ0v) is 10.7. The average molecular weight is 259 g/mol. The van der Waals surface area contributed by atoms with Crippen molar-refractivity contribution in [3.63, 3.8) is 0 Å². The largest absolute Gasteiger partial charge is 0.481 e. The second-order valence-electron chi connectivity index (χ2n) is 5.29. The van der Waals surface area contributed by atoms with Crippen molar-refractivity contribution >= 4 is 17.1 Å². The summed E-state index contributed by atoms with van der Waals surface area (Å²) in [5.41, 5.74) is 2.28. The number of rotatable bonds is 3. The number of hydrogen-bond acceptors (Lipinski definition) is 3. The van der Waals surface area contributed by atoms with Gasteiger partial charge in [-0.05, 0) is 36.5 Å². The second-order valence-corrected chi connectivity index (χ2v) is 5.29. The first-order valence-electron chi connectivity index (χ1n) is 6.81. The molecule has 1 saturated carbocycles. The minimum atomic E-state index is -0.731. The van der Waals surface area contributed by atoms with E-state index in [4.69, 9.17) is 4.42 Å². The summed E-state index contributed by atoms with van der Waals surface area (Å²) in [6.45, 7) is 0. The predicted molar refractivity (Wildman–Crippen MR) is 71.0 cm³/mol. The van der Waals surface area contributed by atoms with Crippen LogP contribution in [0, 0.1) is 5.92 Å². The Labute approximate surface area is 111 Å². The second kappa shape index (κ2) is 5.03. The number of benzene rings is 1. The first-order valence-corrected chi connectivity index (χ1v) is 6.81. The Balaban J connectivity index is 1.95. The maximum absolute atomic E-state index is 11.6. The van der Waals surface area contributed by atoms with Crippen molar-refractivity contribution in [1.82, 2.24) is 4.98 Å². The zero-order valence-electron chi connectivity index (χ0n) is 10.7. The van der Waals surface area contributed by atoms with Crippen LogP contribution in [0.3, 0.4) is 0 Å². The maximum Gasteiger partial charge on any atom is 0.311 e. The number of aliphatic carboxylic acids is 1. The van der Waals surface area contributed by atoms with Gasteiger partial charge in [0.1, 0.15) is 5.52 Å². The molecule has 1 aliphatic carbocycles. The van der Waals surface area contributed by atoms with E-state index >= 15 is 0 Å². The van der Waals surface area contributed by atoms with Crippen molar-refractivity contribution in [3.05, 3.63) is 30.2 Å². The van der Waals surface area contributed by atoms with Crippen molar-refractivity contribution in [2.24, 2.45) is 5.92 Å². The maximum atomic E-state index is 11.6. The lowest BCUT2D eigenvalue weighted by Gasteiger charge is -2.27. The number of carbonyl (C=O) groups is 1. The van der Waals surface area contributed by atoms with Gasteiger partial charge >= 0.3 is 5.97 Å². The smallest absolute Gasteiger partial charge is 0.311 e. The third-order valence-corrected chi connectivity index (χ3v) is 4.10. The van der Waals surface area contributed by atoms with E-state index in [2.05, 4.69) is 4.98 Å². The van der Waals surface area contributed by atoms with Crippen LogP contribution in [0.15, 0.2) is 29.0 Å². The molecule has 1 aromatic heterocycles. The van der Waals surface area contributed by atoms with Crippen molar-refractivity contribution in [2.75, 3.05) is 0 Å². The molecule has 0 spiro atoms. The molecule has 1 N–H and O–H groups in total. The molecule has 1 aliphatic rings. The van der Waals surface area contributed by atoms with E-state index in [0.717, 1.165) is 36.8 Å². The van der Waals surface area contributed by atoms with Crippen LogP contribution in [0.1, 0.15) is 43.6 Å². The van der Waals surface area contributed by atoms with Gasteiger partial charge in [-0.25, -0.2) is 4.98 Å². The number of carboxylic acid groups (broad SMARTS) is 1. The van der Waals surface area contributed by atoms with Crippen molar-refractivity contribution in [1.29, 1.82) is 0 Å². The van der Waals surface area contributed by atoms with Gasteiger partial charge in [0.15, 0.2) is 12.0 Å². The Morgan fingerprint density at radius 2 is 2.11 bits per heavy atom. The third kappa shape index (κ3) is 2.35. The molecule has 0 radical (unpaired) electrons. The van der Waals surface area contributed by atoms with Crippen LogP contribution in [0.4, 0.5) is 0 Å². The molecule has 1 unspecified atom stereocenters. The van der Waals surface area contributed by atoms with E-state index in [9.17, 15) is 9.90 Å². The molecule has 19 heavy (non-hydrogen) atoms. The molecule has 0 aliphatic heterocycles. The number of nitrogens with zero attached hydrogens (tertiary/aromatic N) is 1. The van der Waals surface area contributed by atoms with Crippen molar-refractivity contribution in [3.8, 4) is 0 Å². The third-order valence-electron chi connectivity index (χ3n) is 4.10. The fourth-order valence-electron chi connectivity index (χ4n) is 3.15. The lowest BCUT2D eigenvalue weighted by Crippen LogP contribution is -2.23. The lowest BCUT2D eigenvalue weighted by atomic mass is 9.77. The van der Waals surface area contributed by atoms with Gasteiger partial charge in [-0.2, -0.15) is 0 Å². The van der Waals surface area contributed by atoms with Gasteiger partial charge in [0, 0.05) is 0 Å². The summed E-state index contributed by atoms with van der Waals surface area (Å²) in [7, 11) is 0. The lowest BCUT2D eigenvalue weighted by molar-refractivity contribution is -0.140. The highest BCUT2D eigenvalue weighted by Gasteiger charge is 2.31. The highest BCUT2D eigenvalue weighted by atomic mass is 16.4. The fraction of sp³-hybridized carbons (Fsp3) is 0.467. The Morgan fingerprint density at radius 1 is 1.32 bits per heavy atom. The summed E-state index contributed by atoms with van der Waals surface area (Å²) in [5, 5.41) is 9.56. The van der Waals surface area contributed by atoms with E-state index in [0.29, 0.717) is 5.58 Å². The average Bonchev–Trinajstić information content (AvgIpc) is 2.87. The molecule has 0 amide bonds. The summed E-state index contributed by atoms with van der Waals surface area (Å²) in [4.78, 5) is 15.7. The Morgan fingerprint density at radius 3 is 2.84 bits per heavy atom. The van der Waals surface area contributed by atoms with Gasteiger partial charge in [-0.3, -0.25) is 4.79 Å². The number of aromatic nitrogens is 1. The molecule has 3 rings (SSSR count). The summed E-state index contributed by atoms with van der Waals surface area (Å²) < 4.78 is 5.27. The van der Waals surface area contributed by atoms with Crippen molar-refractivity contribution < 1.29 is 14.3 Å². The quantitative estimate of drug-likeness (QED) is 0.915. The summed E-state index contributed by atoms with van der Waals surface area (Å²) in [6, 6.07) is 5.54. The van der Waals surface area contributed by atoms with Gasteiger partial charge in [0.25, 0.3) is 0 Å². The molecule has 100 valence electrons. The van der Waals surface area contributed by atoms with Gasteiger partial charge in [-0.1, -0.05) is 25.3 Å². The van der Waals surface area contributed by atoms with Crippen LogP contribution in [-0.4, -0.2) is 16.1 Å². The van der Waals surface area contributed by atoms with Crippen molar-refractivity contribution in [2.45, 2.75) is 38.0 Å². The summed E-state index contributed by atoms with van der Waals surface area (Å²) in [5.74, 6) is -0.910. The minimum Gasteiger partial charge on any atom is -0.481 e. The van der Waals surface area contributed by atoms with Crippen LogP contribution in [0.5, 0.6) is 0 Å². The molecule has 1 fully saturated rings. The molecule has 0 saturated heterocycles. The number of carboxylic acids is 1. The number of oxazole rings is 1. The molecular weight excluding hydrogens is 242 g/mol. The standard InChI is InChI=1S/C15H17NO3/c17-15(18)14(10-4-2-1-3-5-10)11-6-7-12-13(8-11)19-9-16-12/h6-10,14H,1-5H2,(H,17,18). The highest BCUT2D eigenvalue weighted by Crippen LogP contribution is 2.37. The molecule has 1 heterocycles. The van der Waals surface area contributed by atoms with E-state index in [1.165, 1.54) is 12.8 Å². The molecule has 4 nitrogen and oxygen atoms in total. The van der Waals surface area contributed by atoms with E-state index in [-0.39, 0.29) is 5.92 Å². The first kappa shape index (κ1) is 12.2. The fourth-order valence-corrected chi connectivity index (χ4v) is 3.15. The molecular formula is C15H17NO3.